The van der Waals surface area contributed by atoms with Crippen LogP contribution in [0.2, 0.25) is 0 Å². The summed E-state index contributed by atoms with van der Waals surface area (Å²) in [7, 11) is 1.62. The van der Waals surface area contributed by atoms with E-state index in [2.05, 4.69) is 6.07 Å². The zero-order valence-electron chi connectivity index (χ0n) is 13.0. The smallest absolute Gasteiger partial charge is 0.353 e. The Labute approximate surface area is 139 Å². The van der Waals surface area contributed by atoms with E-state index in [0.717, 1.165) is 11.1 Å². The fourth-order valence-corrected chi connectivity index (χ4v) is 2.84. The Morgan fingerprint density at radius 3 is 2.33 bits per heavy atom. The molecule has 0 fully saturated rings. The Morgan fingerprint density at radius 2 is 1.75 bits per heavy atom. The molecule has 5 heteroatoms. The number of nitrogens with two attached hydrogens (primary N) is 1. The lowest BCUT2D eigenvalue weighted by molar-refractivity contribution is 0.0687. The molecule has 0 amide bonds. The van der Waals surface area contributed by atoms with Crippen LogP contribution < -0.4 is 5.73 Å². The molecule has 0 aliphatic heterocycles. The van der Waals surface area contributed by atoms with Gasteiger partial charge in [0, 0.05) is 30.1 Å². The van der Waals surface area contributed by atoms with Crippen LogP contribution in [0, 0.1) is 11.3 Å². The summed E-state index contributed by atoms with van der Waals surface area (Å²) in [5, 5.41) is 18.7. The van der Waals surface area contributed by atoms with Gasteiger partial charge in [0.1, 0.15) is 11.8 Å². The summed E-state index contributed by atoms with van der Waals surface area (Å²) < 4.78 is 1.46. The van der Waals surface area contributed by atoms with Gasteiger partial charge in [0.25, 0.3) is 0 Å². The Balaban J connectivity index is 2.12. The molecule has 5 nitrogen and oxygen atoms in total. The van der Waals surface area contributed by atoms with Crippen molar-refractivity contribution in [3.8, 4) is 28.3 Å². The van der Waals surface area contributed by atoms with E-state index in [9.17, 15) is 15.2 Å². The normalized spacial score (nSPS) is 10.3. The number of aryl methyl sites for hydroxylation is 1. The molecule has 24 heavy (non-hydrogen) atoms. The van der Waals surface area contributed by atoms with E-state index >= 15 is 0 Å². The number of rotatable bonds is 3. The Morgan fingerprint density at radius 1 is 1.12 bits per heavy atom. The van der Waals surface area contributed by atoms with E-state index in [1.54, 1.807) is 7.05 Å². The summed E-state index contributed by atoms with van der Waals surface area (Å²) in [6.45, 7) is 0. The number of aromatic nitrogens is 1. The lowest BCUT2D eigenvalue weighted by atomic mass is 9.97. The van der Waals surface area contributed by atoms with Crippen LogP contribution in [-0.4, -0.2) is 15.6 Å². The van der Waals surface area contributed by atoms with Gasteiger partial charge in [-0.05, 0) is 17.2 Å². The van der Waals surface area contributed by atoms with Crippen molar-refractivity contribution in [2.45, 2.75) is 0 Å². The molecule has 0 bridgehead atoms. The van der Waals surface area contributed by atoms with Crippen molar-refractivity contribution in [2.75, 3.05) is 5.73 Å². The van der Waals surface area contributed by atoms with Crippen LogP contribution in [0.4, 0.5) is 5.69 Å². The van der Waals surface area contributed by atoms with E-state index in [-0.39, 0.29) is 5.69 Å². The van der Waals surface area contributed by atoms with Gasteiger partial charge >= 0.3 is 5.97 Å². The molecule has 3 N–H and O–H groups in total. The number of nitrogen functional groups attached to an aromatic ring is 1. The van der Waals surface area contributed by atoms with E-state index in [1.165, 1.54) is 10.8 Å². The second kappa shape index (κ2) is 5.94. The van der Waals surface area contributed by atoms with E-state index in [4.69, 9.17) is 5.73 Å². The first-order valence-corrected chi connectivity index (χ1v) is 7.31. The van der Waals surface area contributed by atoms with Crippen molar-refractivity contribution in [3.63, 3.8) is 0 Å². The minimum absolute atomic E-state index is 0.0959. The molecule has 0 saturated heterocycles. The molecule has 118 valence electrons. The second-order valence-electron chi connectivity index (χ2n) is 5.46. The minimum atomic E-state index is -1.06. The first-order valence-electron chi connectivity index (χ1n) is 7.31. The average molecular weight is 317 g/mol. The number of anilines is 1. The van der Waals surface area contributed by atoms with Crippen LogP contribution >= 0.6 is 0 Å². The van der Waals surface area contributed by atoms with Crippen molar-refractivity contribution in [2.24, 2.45) is 7.05 Å². The predicted octanol–water partition coefficient (Wildman–Crippen LogP) is 3.51. The van der Waals surface area contributed by atoms with Crippen LogP contribution in [0.1, 0.15) is 16.1 Å². The maximum atomic E-state index is 11.5. The molecule has 3 aromatic rings. The summed E-state index contributed by atoms with van der Waals surface area (Å²) in [5.74, 6) is -1.06. The number of nitrogens with zero attached hydrogens (tertiary/aromatic N) is 2. The first kappa shape index (κ1) is 15.4. The number of para-hydroxylation sites is 1. The number of benzene rings is 2. The van der Waals surface area contributed by atoms with Crippen LogP contribution in [0.5, 0.6) is 0 Å². The van der Waals surface area contributed by atoms with Gasteiger partial charge in [-0.3, -0.25) is 0 Å². The molecule has 0 aliphatic rings. The molecule has 0 atom stereocenters. The Bertz CT molecular complexity index is 963. The highest BCUT2D eigenvalue weighted by Crippen LogP contribution is 2.32. The van der Waals surface area contributed by atoms with Gasteiger partial charge in [-0.25, -0.2) is 4.79 Å². The van der Waals surface area contributed by atoms with E-state index < -0.39 is 5.97 Å². The maximum Gasteiger partial charge on any atom is 0.353 e. The molecular weight excluding hydrogens is 302 g/mol. The van der Waals surface area contributed by atoms with Gasteiger partial charge in [0.05, 0.1) is 5.56 Å². The van der Waals surface area contributed by atoms with Gasteiger partial charge in [0.2, 0.25) is 0 Å². The number of carbonyl (C=O) groups is 1. The lowest BCUT2D eigenvalue weighted by Gasteiger charge is -2.08. The number of carboxylic acid groups (broad SMARTS) is 1. The van der Waals surface area contributed by atoms with Gasteiger partial charge in [-0.2, -0.15) is 5.26 Å². The van der Waals surface area contributed by atoms with Crippen molar-refractivity contribution in [1.82, 2.24) is 4.57 Å². The van der Waals surface area contributed by atoms with Gasteiger partial charge in [0.15, 0.2) is 0 Å². The highest BCUT2D eigenvalue weighted by molar-refractivity contribution is 5.97. The van der Waals surface area contributed by atoms with E-state index in [0.29, 0.717) is 22.4 Å². The zero-order valence-corrected chi connectivity index (χ0v) is 13.0. The maximum absolute atomic E-state index is 11.5. The minimum Gasteiger partial charge on any atom is -0.477 e. The first-order chi connectivity index (χ1) is 11.5. The molecule has 2 aromatic carbocycles. The summed E-state index contributed by atoms with van der Waals surface area (Å²) in [6.07, 6.45) is 1.53. The molecule has 0 radical (unpaired) electrons. The fourth-order valence-electron chi connectivity index (χ4n) is 2.84. The largest absolute Gasteiger partial charge is 0.477 e. The molecule has 0 spiro atoms. The highest BCUT2D eigenvalue weighted by Gasteiger charge is 2.21. The molecule has 0 unspecified atom stereocenters. The summed E-state index contributed by atoms with van der Waals surface area (Å²) in [4.78, 5) is 11.5. The van der Waals surface area contributed by atoms with Crippen molar-refractivity contribution in [3.05, 3.63) is 66.0 Å². The molecule has 0 saturated carbocycles. The molecular formula is C19H15N3O2. The summed E-state index contributed by atoms with van der Waals surface area (Å²) in [6, 6.07) is 17.0. The predicted molar refractivity (Wildman–Crippen MR) is 92.4 cm³/mol. The lowest BCUT2D eigenvalue weighted by Crippen LogP contribution is -2.05. The summed E-state index contributed by atoms with van der Waals surface area (Å²) >= 11 is 0. The third-order valence-corrected chi connectivity index (χ3v) is 3.95. The monoisotopic (exact) mass is 317 g/mol. The van der Waals surface area contributed by atoms with Crippen LogP contribution in [0.25, 0.3) is 22.3 Å². The molecule has 0 aliphatic carbocycles. The van der Waals surface area contributed by atoms with Crippen LogP contribution in [-0.2, 0) is 7.05 Å². The Kier molecular flexibility index (Phi) is 3.80. The number of hydrogen-bond acceptors (Lipinski definition) is 3. The Hall–Kier alpha value is -3.52. The molecule has 1 aromatic heterocycles. The van der Waals surface area contributed by atoms with Gasteiger partial charge in [-0.1, -0.05) is 42.5 Å². The molecule has 3 rings (SSSR count). The summed E-state index contributed by atoms with van der Waals surface area (Å²) in [5.41, 5.74) is 10.1. The fraction of sp³-hybridized carbons (Fsp3) is 0.0526. The van der Waals surface area contributed by atoms with Crippen LogP contribution in [0.15, 0.2) is 54.7 Å². The van der Waals surface area contributed by atoms with Crippen LogP contribution in [0.3, 0.4) is 0 Å². The topological polar surface area (TPSA) is 92.0 Å². The quantitative estimate of drug-likeness (QED) is 0.723. The third-order valence-electron chi connectivity index (χ3n) is 3.95. The van der Waals surface area contributed by atoms with Crippen molar-refractivity contribution >= 4 is 11.7 Å². The number of hydrogen-bond donors (Lipinski definition) is 2. The third kappa shape index (κ3) is 2.50. The van der Waals surface area contributed by atoms with Gasteiger partial charge < -0.3 is 15.4 Å². The molecule has 1 heterocycles. The number of aromatic carboxylic acids is 1. The van der Waals surface area contributed by atoms with Crippen molar-refractivity contribution < 1.29 is 9.90 Å². The SMILES string of the molecule is Cn1cc(C#N)c(-c2ccc(-c3ccccc3N)cc2)c1C(=O)O. The van der Waals surface area contributed by atoms with Crippen molar-refractivity contribution in [1.29, 1.82) is 5.26 Å². The van der Waals surface area contributed by atoms with E-state index in [1.807, 2.05) is 48.5 Å². The highest BCUT2D eigenvalue weighted by atomic mass is 16.4. The number of carboxylic acids is 1. The average Bonchev–Trinajstić information content (AvgIpc) is 2.92. The standard InChI is InChI=1S/C19H15N3O2/c1-22-11-14(10-20)17(18(22)19(23)24)13-8-6-12(7-9-13)15-4-2-3-5-16(15)21/h2-9,11H,21H2,1H3,(H,23,24). The van der Waals surface area contributed by atoms with Gasteiger partial charge in [-0.15, -0.1) is 0 Å². The zero-order chi connectivity index (χ0) is 17.3. The number of nitriles is 1. The second-order valence-corrected chi connectivity index (χ2v) is 5.46.